The van der Waals surface area contributed by atoms with E-state index in [0.717, 1.165) is 0 Å². The first-order valence-electron chi connectivity index (χ1n) is 6.08. The average molecular weight is 267 g/mol. The minimum Gasteiger partial charge on any atom is -0.493 e. The molecule has 0 saturated heterocycles. The molecular weight excluding hydrogens is 246 g/mol. The van der Waals surface area contributed by atoms with E-state index in [0.29, 0.717) is 11.5 Å². The fourth-order valence-corrected chi connectivity index (χ4v) is 1.36. The summed E-state index contributed by atoms with van der Waals surface area (Å²) >= 11 is 0. The molecule has 1 unspecified atom stereocenters. The molecule has 0 aromatic heterocycles. The highest BCUT2D eigenvalue weighted by Crippen LogP contribution is 2.25. The number of hydrogen-bond acceptors (Lipinski definition) is 5. The molecule has 0 fully saturated rings. The Kier molecular flexibility index (Phi) is 5.18. The van der Waals surface area contributed by atoms with Gasteiger partial charge < -0.3 is 19.9 Å². The Hall–Kier alpha value is -1.75. The summed E-state index contributed by atoms with van der Waals surface area (Å²) in [5.74, 6) is 0.658. The molecule has 0 aliphatic carbocycles. The zero-order valence-electron chi connectivity index (χ0n) is 11.8. The van der Waals surface area contributed by atoms with E-state index in [1.54, 1.807) is 40.0 Å². The van der Waals surface area contributed by atoms with Crippen molar-refractivity contribution in [2.45, 2.75) is 32.4 Å². The Bertz CT molecular complexity index is 426. The van der Waals surface area contributed by atoms with Crippen molar-refractivity contribution in [1.29, 1.82) is 0 Å². The first-order valence-corrected chi connectivity index (χ1v) is 6.08. The van der Waals surface area contributed by atoms with Gasteiger partial charge in [-0.15, -0.1) is 0 Å². The van der Waals surface area contributed by atoms with Crippen molar-refractivity contribution in [1.82, 2.24) is 0 Å². The fraction of sp³-hybridized carbons (Fsp3) is 0.500. The maximum atomic E-state index is 11.7. The molecule has 1 aromatic rings. The highest BCUT2D eigenvalue weighted by Gasteiger charge is 2.22. The van der Waals surface area contributed by atoms with E-state index in [1.165, 1.54) is 0 Å². The number of nitrogens with two attached hydrogens (primary N) is 1. The molecule has 1 aromatic carbocycles. The number of esters is 1. The van der Waals surface area contributed by atoms with Gasteiger partial charge in [0.25, 0.3) is 0 Å². The third kappa shape index (κ3) is 5.18. The zero-order chi connectivity index (χ0) is 14.5. The summed E-state index contributed by atoms with van der Waals surface area (Å²) in [4.78, 5) is 11.7. The highest BCUT2D eigenvalue weighted by molar-refractivity contribution is 5.76. The van der Waals surface area contributed by atoms with Crippen LogP contribution in [0.4, 0.5) is 0 Å². The number of methoxy groups -OCH3 is 1. The summed E-state index contributed by atoms with van der Waals surface area (Å²) in [6.07, 6.45) is 0. The predicted octanol–water partition coefficient (Wildman–Crippen LogP) is 1.74. The molecule has 5 nitrogen and oxygen atoms in total. The van der Waals surface area contributed by atoms with Crippen LogP contribution in [0.15, 0.2) is 24.3 Å². The summed E-state index contributed by atoms with van der Waals surface area (Å²) < 4.78 is 15.8. The van der Waals surface area contributed by atoms with Gasteiger partial charge in [-0.1, -0.05) is 12.1 Å². The van der Waals surface area contributed by atoms with E-state index < -0.39 is 17.6 Å². The maximum absolute atomic E-state index is 11.7. The van der Waals surface area contributed by atoms with Gasteiger partial charge in [0.05, 0.1) is 7.11 Å². The Balaban J connectivity index is 2.54. The molecule has 106 valence electrons. The molecular formula is C14H21NO4. The van der Waals surface area contributed by atoms with Crippen molar-refractivity contribution >= 4 is 5.97 Å². The minimum absolute atomic E-state index is 0.0370. The van der Waals surface area contributed by atoms with Crippen molar-refractivity contribution in [3.05, 3.63) is 24.3 Å². The molecule has 5 heteroatoms. The number of benzene rings is 1. The number of carbonyl (C=O) groups is 1. The molecule has 2 N–H and O–H groups in total. The Morgan fingerprint density at radius 1 is 1.26 bits per heavy atom. The molecule has 1 rings (SSSR count). The van der Waals surface area contributed by atoms with Crippen LogP contribution in [0.5, 0.6) is 11.5 Å². The molecule has 0 spiro atoms. The third-order valence-electron chi connectivity index (χ3n) is 2.20. The molecule has 0 amide bonds. The molecule has 0 radical (unpaired) electrons. The number of hydrogen-bond donors (Lipinski definition) is 1. The Morgan fingerprint density at radius 3 is 2.37 bits per heavy atom. The van der Waals surface area contributed by atoms with Gasteiger partial charge in [-0.25, -0.2) is 0 Å². The van der Waals surface area contributed by atoms with Gasteiger partial charge in [-0.05, 0) is 32.9 Å². The number of carbonyl (C=O) groups excluding carboxylic acids is 1. The van der Waals surface area contributed by atoms with E-state index in [4.69, 9.17) is 19.9 Å². The SMILES string of the molecule is COc1ccccc1OCC(N)C(=O)OC(C)(C)C. The normalized spacial score (nSPS) is 12.7. The molecule has 0 aliphatic rings. The van der Waals surface area contributed by atoms with Crippen LogP contribution < -0.4 is 15.2 Å². The van der Waals surface area contributed by atoms with Crippen LogP contribution in [-0.4, -0.2) is 31.3 Å². The predicted molar refractivity (Wildman–Crippen MR) is 72.3 cm³/mol. The second-order valence-corrected chi connectivity index (χ2v) is 5.10. The summed E-state index contributed by atoms with van der Waals surface area (Å²) in [7, 11) is 1.55. The standard InChI is InChI=1S/C14H21NO4/c1-14(2,3)19-13(16)10(15)9-18-12-8-6-5-7-11(12)17-4/h5-8,10H,9,15H2,1-4H3. The number of ether oxygens (including phenoxy) is 3. The summed E-state index contributed by atoms with van der Waals surface area (Å²) in [5.41, 5.74) is 5.17. The van der Waals surface area contributed by atoms with Crippen molar-refractivity contribution in [2.24, 2.45) is 5.73 Å². The van der Waals surface area contributed by atoms with Gasteiger partial charge in [0.1, 0.15) is 18.2 Å². The fourth-order valence-electron chi connectivity index (χ4n) is 1.36. The van der Waals surface area contributed by atoms with E-state index in [9.17, 15) is 4.79 Å². The molecule has 19 heavy (non-hydrogen) atoms. The van der Waals surface area contributed by atoms with Gasteiger partial charge in [0.15, 0.2) is 11.5 Å². The van der Waals surface area contributed by atoms with Crippen molar-refractivity contribution in [3.8, 4) is 11.5 Å². The Labute approximate surface area is 113 Å². The van der Waals surface area contributed by atoms with Gasteiger partial charge in [-0.3, -0.25) is 4.79 Å². The van der Waals surface area contributed by atoms with Crippen LogP contribution in [0.25, 0.3) is 0 Å². The highest BCUT2D eigenvalue weighted by atomic mass is 16.6. The van der Waals surface area contributed by atoms with Crippen LogP contribution in [0.3, 0.4) is 0 Å². The molecule has 0 bridgehead atoms. The summed E-state index contributed by atoms with van der Waals surface area (Å²) in [6.45, 7) is 5.41. The lowest BCUT2D eigenvalue weighted by atomic mass is 10.2. The lowest BCUT2D eigenvalue weighted by Gasteiger charge is -2.22. The first kappa shape index (κ1) is 15.3. The molecule has 0 heterocycles. The minimum atomic E-state index is -0.830. The van der Waals surface area contributed by atoms with Gasteiger partial charge >= 0.3 is 5.97 Å². The monoisotopic (exact) mass is 267 g/mol. The third-order valence-corrected chi connectivity index (χ3v) is 2.20. The second-order valence-electron chi connectivity index (χ2n) is 5.10. The van der Waals surface area contributed by atoms with Crippen LogP contribution in [0, 0.1) is 0 Å². The smallest absolute Gasteiger partial charge is 0.326 e. The van der Waals surface area contributed by atoms with E-state index in [1.807, 2.05) is 12.1 Å². The largest absolute Gasteiger partial charge is 0.493 e. The van der Waals surface area contributed by atoms with E-state index in [-0.39, 0.29) is 6.61 Å². The van der Waals surface area contributed by atoms with E-state index >= 15 is 0 Å². The van der Waals surface area contributed by atoms with Crippen LogP contribution >= 0.6 is 0 Å². The lowest BCUT2D eigenvalue weighted by molar-refractivity contribution is -0.157. The lowest BCUT2D eigenvalue weighted by Crippen LogP contribution is -2.41. The first-order chi connectivity index (χ1) is 8.83. The Morgan fingerprint density at radius 2 is 1.84 bits per heavy atom. The van der Waals surface area contributed by atoms with Gasteiger partial charge in [0.2, 0.25) is 0 Å². The number of rotatable bonds is 5. The topological polar surface area (TPSA) is 70.8 Å². The summed E-state index contributed by atoms with van der Waals surface area (Å²) in [6, 6.07) is 6.34. The van der Waals surface area contributed by atoms with Crippen molar-refractivity contribution in [2.75, 3.05) is 13.7 Å². The quantitative estimate of drug-likeness (QED) is 0.823. The van der Waals surface area contributed by atoms with Gasteiger partial charge in [0, 0.05) is 0 Å². The van der Waals surface area contributed by atoms with Crippen molar-refractivity contribution < 1.29 is 19.0 Å². The van der Waals surface area contributed by atoms with Crippen LogP contribution in [0.1, 0.15) is 20.8 Å². The summed E-state index contributed by atoms with van der Waals surface area (Å²) in [5, 5.41) is 0. The molecule has 0 aliphatic heterocycles. The second kappa shape index (κ2) is 6.43. The maximum Gasteiger partial charge on any atom is 0.326 e. The molecule has 0 saturated carbocycles. The van der Waals surface area contributed by atoms with E-state index in [2.05, 4.69) is 0 Å². The van der Waals surface area contributed by atoms with Crippen molar-refractivity contribution in [3.63, 3.8) is 0 Å². The van der Waals surface area contributed by atoms with Crippen LogP contribution in [0.2, 0.25) is 0 Å². The van der Waals surface area contributed by atoms with Gasteiger partial charge in [-0.2, -0.15) is 0 Å². The zero-order valence-corrected chi connectivity index (χ0v) is 11.8. The van der Waals surface area contributed by atoms with Crippen LogP contribution in [-0.2, 0) is 9.53 Å². The average Bonchev–Trinajstić information content (AvgIpc) is 2.34. The molecule has 1 atom stereocenters. The number of para-hydroxylation sites is 2.